The van der Waals surface area contributed by atoms with Crippen molar-refractivity contribution in [3.05, 3.63) is 47.2 Å². The predicted octanol–water partition coefficient (Wildman–Crippen LogP) is 4.16. The lowest BCUT2D eigenvalue weighted by Crippen LogP contribution is -2.30. The first-order valence-corrected chi connectivity index (χ1v) is 13.5. The van der Waals surface area contributed by atoms with Crippen LogP contribution in [0.25, 0.3) is 16.6 Å². The van der Waals surface area contributed by atoms with Crippen LogP contribution < -0.4 is 15.4 Å². The number of nitrogens with zero attached hydrogens (tertiary/aromatic N) is 3. The van der Waals surface area contributed by atoms with Crippen molar-refractivity contribution in [2.24, 2.45) is 11.7 Å². The second-order valence-electron chi connectivity index (χ2n) is 9.53. The molecule has 1 heterocycles. The fraction of sp³-hybridized carbons (Fsp3) is 0.440. The summed E-state index contributed by atoms with van der Waals surface area (Å²) >= 11 is 0. The van der Waals surface area contributed by atoms with Gasteiger partial charge >= 0.3 is 0 Å². The van der Waals surface area contributed by atoms with E-state index in [0.29, 0.717) is 34.7 Å². The van der Waals surface area contributed by atoms with E-state index in [-0.39, 0.29) is 5.92 Å². The number of anilines is 2. The second kappa shape index (κ2) is 8.94. The third-order valence-corrected chi connectivity index (χ3v) is 7.44. The van der Waals surface area contributed by atoms with Crippen LogP contribution in [0.5, 0.6) is 0 Å². The number of carbonyl (C=O) groups excluding carboxylic acids is 1. The average Bonchev–Trinajstić information content (AvgIpc) is 3.51. The molecule has 1 fully saturated rings. The fourth-order valence-corrected chi connectivity index (χ4v) is 5.36. The minimum atomic E-state index is -3.46. The average molecular weight is 484 g/mol. The number of fused-ring (bicyclic) bond motifs is 1. The van der Waals surface area contributed by atoms with Crippen molar-refractivity contribution in [3.63, 3.8) is 0 Å². The normalized spacial score (nSPS) is 14.1. The molecule has 3 aromatic rings. The number of hydrogen-bond acceptors (Lipinski definition) is 5. The summed E-state index contributed by atoms with van der Waals surface area (Å²) in [6.07, 6.45) is 3.19. The lowest BCUT2D eigenvalue weighted by molar-refractivity contribution is 0.0994. The Morgan fingerprint density at radius 2 is 1.97 bits per heavy atom. The van der Waals surface area contributed by atoms with E-state index in [4.69, 9.17) is 10.8 Å². The zero-order valence-electron chi connectivity index (χ0n) is 20.4. The number of rotatable bonds is 9. The number of primary amides is 1. The molecule has 1 amide bonds. The Balaban J connectivity index is 1.88. The van der Waals surface area contributed by atoms with E-state index < -0.39 is 15.9 Å². The molecule has 1 aromatic heterocycles. The van der Waals surface area contributed by atoms with Crippen LogP contribution in [0.1, 0.15) is 61.1 Å². The van der Waals surface area contributed by atoms with Gasteiger partial charge in [0.2, 0.25) is 10.0 Å². The summed E-state index contributed by atoms with van der Waals surface area (Å²) < 4.78 is 27.9. The number of benzene rings is 2. The predicted molar refractivity (Wildman–Crippen MR) is 137 cm³/mol. The fourth-order valence-electron chi connectivity index (χ4n) is 4.37. The van der Waals surface area contributed by atoms with Gasteiger partial charge in [0.25, 0.3) is 5.91 Å². The lowest BCUT2D eigenvalue weighted by Gasteiger charge is -2.23. The van der Waals surface area contributed by atoms with Crippen molar-refractivity contribution in [2.75, 3.05) is 29.0 Å². The van der Waals surface area contributed by atoms with Crippen LogP contribution in [0.3, 0.4) is 0 Å². The summed E-state index contributed by atoms with van der Waals surface area (Å²) in [7, 11) is -3.46. The topological polar surface area (TPSA) is 110 Å². The minimum Gasteiger partial charge on any atom is -0.385 e. The first-order valence-electron chi connectivity index (χ1n) is 11.7. The Bertz CT molecular complexity index is 1360. The number of nitrogens with two attached hydrogens (primary N) is 1. The number of aromatic nitrogens is 2. The van der Waals surface area contributed by atoms with Gasteiger partial charge in [0.05, 0.1) is 23.1 Å². The van der Waals surface area contributed by atoms with Gasteiger partial charge in [-0.1, -0.05) is 13.8 Å². The monoisotopic (exact) mass is 483 g/mol. The Kier molecular flexibility index (Phi) is 6.33. The third-order valence-electron chi connectivity index (χ3n) is 6.18. The van der Waals surface area contributed by atoms with E-state index in [1.54, 1.807) is 10.7 Å². The second-order valence-corrected chi connectivity index (χ2v) is 11.4. The van der Waals surface area contributed by atoms with Crippen molar-refractivity contribution in [1.82, 2.24) is 9.78 Å². The number of aryl methyl sites for hydroxylation is 1. The molecule has 34 heavy (non-hydrogen) atoms. The van der Waals surface area contributed by atoms with Gasteiger partial charge in [-0.25, -0.2) is 13.1 Å². The summed E-state index contributed by atoms with van der Waals surface area (Å²) in [4.78, 5) is 12.6. The van der Waals surface area contributed by atoms with Crippen LogP contribution in [0, 0.1) is 12.8 Å². The summed E-state index contributed by atoms with van der Waals surface area (Å²) in [5.41, 5.74) is 11.0. The number of sulfonamides is 1. The zero-order chi connectivity index (χ0) is 24.8. The van der Waals surface area contributed by atoms with Gasteiger partial charge in [-0.2, -0.15) is 5.10 Å². The van der Waals surface area contributed by atoms with E-state index in [9.17, 15) is 13.2 Å². The Labute approximate surface area is 201 Å². The molecule has 0 spiro atoms. The quantitative estimate of drug-likeness (QED) is 0.475. The summed E-state index contributed by atoms with van der Waals surface area (Å²) in [6, 6.07) is 9.55. The molecule has 8 nitrogen and oxygen atoms in total. The molecule has 0 atom stereocenters. The molecule has 1 aliphatic rings. The largest absolute Gasteiger partial charge is 0.385 e. The molecule has 1 aliphatic carbocycles. The number of amides is 1. The standard InChI is InChI=1S/C25H33N5O3S/c1-6-29(34(5,32)33)23-13-22-20(12-19(23)17-7-8-17)24(25(26)31)30(28-22)18-9-10-21(16(4)11-18)27-14-15(2)3/h9-13,15,17,27H,6-8,14H2,1-5H3,(H2,26,31). The first kappa shape index (κ1) is 24.1. The molecule has 0 saturated heterocycles. The molecule has 0 aliphatic heterocycles. The van der Waals surface area contributed by atoms with Crippen molar-refractivity contribution >= 4 is 38.2 Å². The van der Waals surface area contributed by atoms with Gasteiger partial charge in [0.1, 0.15) is 5.69 Å². The molecule has 4 rings (SSSR count). The van der Waals surface area contributed by atoms with Crippen molar-refractivity contribution in [2.45, 2.75) is 46.5 Å². The van der Waals surface area contributed by atoms with E-state index >= 15 is 0 Å². The lowest BCUT2D eigenvalue weighted by atomic mass is 10.0. The highest BCUT2D eigenvalue weighted by Gasteiger charge is 2.32. The Hall–Kier alpha value is -3.07. The first-order chi connectivity index (χ1) is 16.0. The van der Waals surface area contributed by atoms with Crippen molar-refractivity contribution < 1.29 is 13.2 Å². The molecule has 2 aromatic carbocycles. The van der Waals surface area contributed by atoms with E-state index in [1.165, 1.54) is 10.6 Å². The Morgan fingerprint density at radius 3 is 2.50 bits per heavy atom. The highest BCUT2D eigenvalue weighted by atomic mass is 32.2. The van der Waals surface area contributed by atoms with Gasteiger partial charge in [-0.15, -0.1) is 0 Å². The molecule has 182 valence electrons. The van der Waals surface area contributed by atoms with Gasteiger partial charge in [-0.05, 0) is 80.0 Å². The van der Waals surface area contributed by atoms with Crippen LogP contribution >= 0.6 is 0 Å². The molecule has 3 N–H and O–H groups in total. The zero-order valence-corrected chi connectivity index (χ0v) is 21.2. The molecule has 1 saturated carbocycles. The third kappa shape index (κ3) is 4.61. The highest BCUT2D eigenvalue weighted by molar-refractivity contribution is 7.92. The summed E-state index contributed by atoms with van der Waals surface area (Å²) in [5.74, 6) is 0.210. The van der Waals surface area contributed by atoms with Gasteiger partial charge in [0.15, 0.2) is 0 Å². The SMILES string of the molecule is CCN(c1cc2nn(-c3ccc(NCC(C)C)c(C)c3)c(C(N)=O)c2cc1C1CC1)S(C)(=O)=O. The van der Waals surface area contributed by atoms with Gasteiger partial charge in [-0.3, -0.25) is 9.10 Å². The summed E-state index contributed by atoms with van der Waals surface area (Å²) in [5, 5.41) is 8.78. The Morgan fingerprint density at radius 1 is 1.26 bits per heavy atom. The van der Waals surface area contributed by atoms with Gasteiger partial charge < -0.3 is 11.1 Å². The maximum atomic E-state index is 12.6. The van der Waals surface area contributed by atoms with Crippen LogP contribution in [0.2, 0.25) is 0 Å². The number of hydrogen-bond donors (Lipinski definition) is 2. The van der Waals surface area contributed by atoms with Crippen LogP contribution in [-0.2, 0) is 10.0 Å². The number of carbonyl (C=O) groups is 1. The maximum absolute atomic E-state index is 12.6. The highest BCUT2D eigenvalue weighted by Crippen LogP contribution is 2.46. The van der Waals surface area contributed by atoms with Crippen LogP contribution in [0.4, 0.5) is 11.4 Å². The molecular weight excluding hydrogens is 450 g/mol. The maximum Gasteiger partial charge on any atom is 0.268 e. The van der Waals surface area contributed by atoms with E-state index in [2.05, 4.69) is 19.2 Å². The van der Waals surface area contributed by atoms with Gasteiger partial charge in [0, 0.05) is 24.2 Å². The van der Waals surface area contributed by atoms with E-state index in [0.717, 1.165) is 41.9 Å². The van der Waals surface area contributed by atoms with Crippen molar-refractivity contribution in [1.29, 1.82) is 0 Å². The van der Waals surface area contributed by atoms with Crippen LogP contribution in [0.15, 0.2) is 30.3 Å². The van der Waals surface area contributed by atoms with Crippen LogP contribution in [-0.4, -0.2) is 43.5 Å². The summed E-state index contributed by atoms with van der Waals surface area (Å²) in [6.45, 7) is 9.30. The molecule has 0 bridgehead atoms. The molecule has 0 unspecified atom stereocenters. The van der Waals surface area contributed by atoms with Crippen molar-refractivity contribution in [3.8, 4) is 5.69 Å². The molecule has 0 radical (unpaired) electrons. The smallest absolute Gasteiger partial charge is 0.268 e. The minimum absolute atomic E-state index is 0.271. The molecular formula is C25H33N5O3S. The van der Waals surface area contributed by atoms with E-state index in [1.807, 2.05) is 38.1 Å². The number of nitrogens with one attached hydrogen (secondary N) is 1. The molecule has 9 heteroatoms.